The average Bonchev–Trinajstić information content (AvgIpc) is 3.29. The molecule has 1 aliphatic carbocycles. The standard InChI is InChI=1S/C36H56O8/c1-5-7-8-9-10-11-12-13-14-15-16-17-18-22-31(39)43-33-29(25-38)21-19-20-28(24-37)23-30-32(27(4)36(41)42-30)34(33)44-35(40)26(3)6-2/h21,23,25-26,30,32-34,37H,4-20,22,24H2,1-3H3. The van der Waals surface area contributed by atoms with Gasteiger partial charge in [-0.05, 0) is 37.3 Å². The molecule has 5 unspecified atom stereocenters. The first-order valence-electron chi connectivity index (χ1n) is 17.0. The first kappa shape index (κ1) is 37.4. The lowest BCUT2D eigenvalue weighted by atomic mass is 9.83. The average molecular weight is 617 g/mol. The minimum Gasteiger partial charge on any atom is -0.457 e. The maximum Gasteiger partial charge on any atom is 0.334 e. The van der Waals surface area contributed by atoms with Gasteiger partial charge < -0.3 is 19.3 Å². The summed E-state index contributed by atoms with van der Waals surface area (Å²) in [5, 5.41) is 9.87. The van der Waals surface area contributed by atoms with Crippen LogP contribution in [0, 0.1) is 11.8 Å². The van der Waals surface area contributed by atoms with Gasteiger partial charge in [0.15, 0.2) is 12.2 Å². The molecule has 0 saturated carbocycles. The Morgan fingerprint density at radius 2 is 1.59 bits per heavy atom. The number of aliphatic hydroxyl groups excluding tert-OH is 1. The van der Waals surface area contributed by atoms with Crippen LogP contribution in [0.25, 0.3) is 0 Å². The van der Waals surface area contributed by atoms with E-state index in [2.05, 4.69) is 13.5 Å². The number of ether oxygens (including phenoxy) is 3. The van der Waals surface area contributed by atoms with Crippen molar-refractivity contribution in [2.75, 3.05) is 6.61 Å². The molecule has 0 aromatic carbocycles. The van der Waals surface area contributed by atoms with Crippen molar-refractivity contribution >= 4 is 24.2 Å². The van der Waals surface area contributed by atoms with Gasteiger partial charge in [-0.2, -0.15) is 0 Å². The molecule has 5 atom stereocenters. The molecule has 1 saturated heterocycles. The van der Waals surface area contributed by atoms with Gasteiger partial charge >= 0.3 is 17.9 Å². The van der Waals surface area contributed by atoms with E-state index in [4.69, 9.17) is 14.2 Å². The quantitative estimate of drug-likeness (QED) is 0.0379. The molecule has 8 nitrogen and oxygen atoms in total. The van der Waals surface area contributed by atoms with Gasteiger partial charge in [0.25, 0.3) is 0 Å². The Morgan fingerprint density at radius 3 is 2.14 bits per heavy atom. The fraction of sp³-hybridized carbons (Fsp3) is 0.722. The predicted octanol–water partition coefficient (Wildman–Crippen LogP) is 7.27. The Bertz CT molecular complexity index is 996. The van der Waals surface area contributed by atoms with Crippen LogP contribution in [0.1, 0.15) is 130 Å². The second-order valence-corrected chi connectivity index (χ2v) is 12.4. The zero-order valence-corrected chi connectivity index (χ0v) is 27.4. The summed E-state index contributed by atoms with van der Waals surface area (Å²) in [6.07, 6.45) is 17.5. The van der Waals surface area contributed by atoms with E-state index in [-0.39, 0.29) is 24.2 Å². The summed E-state index contributed by atoms with van der Waals surface area (Å²) >= 11 is 0. The lowest BCUT2D eigenvalue weighted by Gasteiger charge is -2.33. The summed E-state index contributed by atoms with van der Waals surface area (Å²) in [7, 11) is 0. The van der Waals surface area contributed by atoms with Gasteiger partial charge in [-0.1, -0.05) is 110 Å². The molecule has 248 valence electrons. The van der Waals surface area contributed by atoms with E-state index in [0.717, 1.165) is 19.3 Å². The monoisotopic (exact) mass is 616 g/mol. The van der Waals surface area contributed by atoms with Crippen molar-refractivity contribution in [1.82, 2.24) is 0 Å². The molecule has 0 amide bonds. The molecule has 0 bridgehead atoms. The third kappa shape index (κ3) is 12.3. The predicted molar refractivity (Wildman–Crippen MR) is 171 cm³/mol. The topological polar surface area (TPSA) is 116 Å². The molecule has 2 rings (SSSR count). The molecule has 2 aliphatic rings. The van der Waals surface area contributed by atoms with Gasteiger partial charge in [-0.15, -0.1) is 0 Å². The number of aldehydes is 1. The number of unbranched alkanes of at least 4 members (excludes halogenated alkanes) is 12. The highest BCUT2D eigenvalue weighted by atomic mass is 16.6. The van der Waals surface area contributed by atoms with Crippen molar-refractivity contribution in [3.05, 3.63) is 35.5 Å². The number of hydrogen-bond acceptors (Lipinski definition) is 8. The Labute approximate surface area is 264 Å². The third-order valence-electron chi connectivity index (χ3n) is 8.84. The van der Waals surface area contributed by atoms with Crippen LogP contribution in [0.15, 0.2) is 35.5 Å². The van der Waals surface area contributed by atoms with Crippen LogP contribution < -0.4 is 0 Å². The molecule has 1 fully saturated rings. The smallest absolute Gasteiger partial charge is 0.334 e. The van der Waals surface area contributed by atoms with Crippen LogP contribution in [0.2, 0.25) is 0 Å². The van der Waals surface area contributed by atoms with E-state index < -0.39 is 48.1 Å². The van der Waals surface area contributed by atoms with Crippen molar-refractivity contribution in [3.8, 4) is 0 Å². The van der Waals surface area contributed by atoms with Crippen LogP contribution in [0.4, 0.5) is 0 Å². The highest BCUT2D eigenvalue weighted by molar-refractivity contribution is 5.91. The summed E-state index contributed by atoms with van der Waals surface area (Å²) < 4.78 is 17.4. The number of carbonyl (C=O) groups excluding carboxylic acids is 4. The van der Waals surface area contributed by atoms with E-state index >= 15 is 0 Å². The Kier molecular flexibility index (Phi) is 17.9. The molecular formula is C36H56O8. The van der Waals surface area contributed by atoms with Crippen LogP contribution in [-0.4, -0.2) is 54.2 Å². The number of hydrogen-bond donors (Lipinski definition) is 1. The summed E-state index contributed by atoms with van der Waals surface area (Å²) in [6, 6.07) is 0. The van der Waals surface area contributed by atoms with Gasteiger partial charge in [-0.25, -0.2) is 4.79 Å². The molecule has 0 radical (unpaired) electrons. The Morgan fingerprint density at radius 1 is 1.00 bits per heavy atom. The maximum absolute atomic E-state index is 13.1. The molecule has 8 heteroatoms. The number of aliphatic hydroxyl groups is 1. The van der Waals surface area contributed by atoms with Crippen LogP contribution in [0.3, 0.4) is 0 Å². The highest BCUT2D eigenvalue weighted by Crippen LogP contribution is 2.38. The molecule has 1 aliphatic heterocycles. The number of fused-ring (bicyclic) bond motifs is 1. The summed E-state index contributed by atoms with van der Waals surface area (Å²) in [4.78, 5) is 51.1. The zero-order chi connectivity index (χ0) is 32.3. The van der Waals surface area contributed by atoms with Gasteiger partial charge in [0.05, 0.1) is 18.4 Å². The molecule has 0 spiro atoms. The summed E-state index contributed by atoms with van der Waals surface area (Å²) in [6.45, 7) is 9.45. The van der Waals surface area contributed by atoms with Crippen LogP contribution in [-0.2, 0) is 33.4 Å². The van der Waals surface area contributed by atoms with Crippen molar-refractivity contribution in [1.29, 1.82) is 0 Å². The van der Waals surface area contributed by atoms with Gasteiger partial charge in [-0.3, -0.25) is 14.4 Å². The third-order valence-corrected chi connectivity index (χ3v) is 8.84. The van der Waals surface area contributed by atoms with Gasteiger partial charge in [0.1, 0.15) is 12.4 Å². The number of carbonyl (C=O) groups is 4. The van der Waals surface area contributed by atoms with Crippen molar-refractivity contribution < 1.29 is 38.5 Å². The van der Waals surface area contributed by atoms with E-state index in [9.17, 15) is 24.3 Å². The summed E-state index contributed by atoms with van der Waals surface area (Å²) in [5.41, 5.74) is 0.832. The van der Waals surface area contributed by atoms with E-state index in [1.54, 1.807) is 19.1 Å². The second-order valence-electron chi connectivity index (χ2n) is 12.4. The van der Waals surface area contributed by atoms with E-state index in [0.29, 0.717) is 37.5 Å². The number of allylic oxidation sites excluding steroid dienone is 1. The first-order valence-corrected chi connectivity index (χ1v) is 17.0. The van der Waals surface area contributed by atoms with Crippen molar-refractivity contribution in [3.63, 3.8) is 0 Å². The van der Waals surface area contributed by atoms with Crippen LogP contribution >= 0.6 is 0 Å². The molecule has 44 heavy (non-hydrogen) atoms. The fourth-order valence-corrected chi connectivity index (χ4v) is 5.79. The highest BCUT2D eigenvalue weighted by Gasteiger charge is 2.49. The normalized spacial score (nSPS) is 22.7. The fourth-order valence-electron chi connectivity index (χ4n) is 5.79. The maximum atomic E-state index is 13.1. The Hall–Kier alpha value is -2.74. The van der Waals surface area contributed by atoms with E-state index in [1.807, 2.05) is 6.92 Å². The lowest BCUT2D eigenvalue weighted by Crippen LogP contribution is -2.46. The number of esters is 3. The summed E-state index contributed by atoms with van der Waals surface area (Å²) in [5.74, 6) is -3.04. The second kappa shape index (κ2) is 21.1. The molecular weight excluding hydrogens is 560 g/mol. The van der Waals surface area contributed by atoms with Crippen LogP contribution in [0.5, 0.6) is 0 Å². The number of rotatable bonds is 20. The minimum absolute atomic E-state index is 0.0638. The van der Waals surface area contributed by atoms with E-state index in [1.165, 1.54) is 57.8 Å². The van der Waals surface area contributed by atoms with Crippen molar-refractivity contribution in [2.24, 2.45) is 11.8 Å². The molecule has 0 aromatic heterocycles. The lowest BCUT2D eigenvalue weighted by molar-refractivity contribution is -0.172. The van der Waals surface area contributed by atoms with Gasteiger partial charge in [0, 0.05) is 17.6 Å². The SMILES string of the molecule is C=C1C(=O)OC2C=C(CO)CCC=C(C=O)C(OC(=O)CCCCCCCCCCCCCCC)C(OC(=O)C(C)CC)C12. The Balaban J connectivity index is 2.04. The largest absolute Gasteiger partial charge is 0.457 e. The minimum atomic E-state index is -1.22. The van der Waals surface area contributed by atoms with Gasteiger partial charge in [0.2, 0.25) is 0 Å². The first-order chi connectivity index (χ1) is 21.3. The molecule has 1 N–H and O–H groups in total. The molecule has 0 aromatic rings. The van der Waals surface area contributed by atoms with Crippen molar-refractivity contribution in [2.45, 2.75) is 148 Å². The zero-order valence-electron chi connectivity index (χ0n) is 27.4. The molecule has 1 heterocycles.